The molecule has 0 saturated heterocycles. The predicted octanol–water partition coefficient (Wildman–Crippen LogP) is 12.5. The molecule has 0 aliphatic carbocycles. The van der Waals surface area contributed by atoms with E-state index in [2.05, 4.69) is 91.0 Å². The van der Waals surface area contributed by atoms with E-state index in [4.69, 9.17) is 11.6 Å². The normalized spacial score (nSPS) is 13.7. The molecule has 45 heavy (non-hydrogen) atoms. The molecule has 9 aromatic rings. The molecular formula is C44H26O. The third-order valence-corrected chi connectivity index (χ3v) is 9.25. The van der Waals surface area contributed by atoms with Crippen LogP contribution in [0.4, 0.5) is 0 Å². The molecule has 0 amide bonds. The standard InChI is InChI=1S/C44H26O/c1-2-8-27(9-3-1)32-24-33(35-22-20-31-19-18-29-10-4-11-30-21-23-37(35)43(31)41(29)30)26-34(25-32)36-14-7-17-40-44(36)38-15-5-12-28-13-6-16-39(45-40)42(28)38/h1-26H/i1D,2D,3D,8D,9D. The van der Waals surface area contributed by atoms with Crippen LogP contribution in [0.15, 0.2) is 158 Å². The first-order valence-electron chi connectivity index (χ1n) is 17.6. The summed E-state index contributed by atoms with van der Waals surface area (Å²) in [6.07, 6.45) is 0. The van der Waals surface area contributed by atoms with Crippen LogP contribution in [0.25, 0.3) is 87.6 Å². The van der Waals surface area contributed by atoms with Crippen LogP contribution in [0.3, 0.4) is 0 Å². The maximum Gasteiger partial charge on any atom is 0.135 e. The van der Waals surface area contributed by atoms with Crippen molar-refractivity contribution in [3.63, 3.8) is 0 Å². The molecule has 0 atom stereocenters. The Hall–Kier alpha value is -5.92. The Labute approximate surface area is 267 Å². The maximum atomic E-state index is 8.91. The molecule has 0 N–H and O–H groups in total. The van der Waals surface area contributed by atoms with E-state index < -0.39 is 6.04 Å². The van der Waals surface area contributed by atoms with Crippen molar-refractivity contribution in [2.75, 3.05) is 0 Å². The van der Waals surface area contributed by atoms with Crippen molar-refractivity contribution in [1.29, 1.82) is 0 Å². The van der Waals surface area contributed by atoms with E-state index >= 15 is 0 Å². The van der Waals surface area contributed by atoms with Crippen molar-refractivity contribution in [1.82, 2.24) is 0 Å². The van der Waals surface area contributed by atoms with E-state index in [0.717, 1.165) is 66.4 Å². The summed E-state index contributed by atoms with van der Waals surface area (Å²) in [4.78, 5) is 0. The molecule has 0 fully saturated rings. The summed E-state index contributed by atoms with van der Waals surface area (Å²) in [5, 5.41) is 9.12. The molecule has 9 aromatic carbocycles. The molecule has 208 valence electrons. The second-order valence-corrected chi connectivity index (χ2v) is 11.7. The molecular weight excluding hydrogens is 544 g/mol. The van der Waals surface area contributed by atoms with Gasteiger partial charge in [0.1, 0.15) is 11.5 Å². The van der Waals surface area contributed by atoms with E-state index in [-0.39, 0.29) is 29.7 Å². The van der Waals surface area contributed by atoms with Crippen LogP contribution in [0.1, 0.15) is 6.85 Å². The molecule has 1 aliphatic heterocycles. The van der Waals surface area contributed by atoms with Crippen LogP contribution in [-0.2, 0) is 0 Å². The predicted molar refractivity (Wildman–Crippen MR) is 189 cm³/mol. The first-order valence-corrected chi connectivity index (χ1v) is 15.1. The van der Waals surface area contributed by atoms with E-state index in [1.807, 2.05) is 36.4 Å². The van der Waals surface area contributed by atoms with Crippen molar-refractivity contribution in [2.24, 2.45) is 0 Å². The van der Waals surface area contributed by atoms with Gasteiger partial charge in [0.15, 0.2) is 0 Å². The lowest BCUT2D eigenvalue weighted by Crippen LogP contribution is -1.99. The highest BCUT2D eigenvalue weighted by atomic mass is 16.5. The van der Waals surface area contributed by atoms with Crippen molar-refractivity contribution < 1.29 is 11.6 Å². The summed E-state index contributed by atoms with van der Waals surface area (Å²) < 4.78 is 49.6. The fourth-order valence-electron chi connectivity index (χ4n) is 7.32. The lowest BCUT2D eigenvalue weighted by atomic mass is 9.85. The number of benzene rings is 9. The third-order valence-electron chi connectivity index (χ3n) is 9.25. The molecule has 0 radical (unpaired) electrons. The highest BCUT2D eigenvalue weighted by Gasteiger charge is 2.24. The Morgan fingerprint density at radius 3 is 1.80 bits per heavy atom. The second kappa shape index (κ2) is 9.29. The fourth-order valence-corrected chi connectivity index (χ4v) is 7.32. The molecule has 0 spiro atoms. The third kappa shape index (κ3) is 3.62. The van der Waals surface area contributed by atoms with Crippen LogP contribution >= 0.6 is 0 Å². The Bertz CT molecular complexity index is 2860. The molecule has 0 aromatic heterocycles. The van der Waals surface area contributed by atoms with Crippen molar-refractivity contribution in [3.8, 4) is 56.0 Å². The summed E-state index contributed by atoms with van der Waals surface area (Å²) in [6.45, 7) is 0. The minimum absolute atomic E-state index is 0.172. The first-order chi connectivity index (χ1) is 24.4. The smallest absolute Gasteiger partial charge is 0.135 e. The monoisotopic (exact) mass is 575 g/mol. The SMILES string of the molecule is [2H]c1c([2H])c([2H])c(-c2cc(-c3cccc4c3-c3cccc5cccc(c35)O4)cc(-c3ccc4ccc5cccc6ccc3c4c56)c2)c([2H])c1[2H]. The Morgan fingerprint density at radius 2 is 0.978 bits per heavy atom. The van der Waals surface area contributed by atoms with Gasteiger partial charge >= 0.3 is 0 Å². The van der Waals surface area contributed by atoms with Gasteiger partial charge in [-0.2, -0.15) is 0 Å². The van der Waals surface area contributed by atoms with Gasteiger partial charge < -0.3 is 4.74 Å². The van der Waals surface area contributed by atoms with Gasteiger partial charge in [0.25, 0.3) is 0 Å². The molecule has 10 rings (SSSR count). The van der Waals surface area contributed by atoms with Gasteiger partial charge in [-0.15, -0.1) is 0 Å². The first kappa shape index (κ1) is 20.1. The lowest BCUT2D eigenvalue weighted by Gasteiger charge is -2.24. The van der Waals surface area contributed by atoms with E-state index in [0.29, 0.717) is 5.56 Å². The van der Waals surface area contributed by atoms with Crippen LogP contribution in [0.2, 0.25) is 0 Å². The van der Waals surface area contributed by atoms with Gasteiger partial charge in [0, 0.05) is 10.9 Å². The van der Waals surface area contributed by atoms with E-state index in [1.165, 1.54) is 21.5 Å². The molecule has 0 bridgehead atoms. The molecule has 1 heterocycles. The quantitative estimate of drug-likeness (QED) is 0.190. The topological polar surface area (TPSA) is 9.23 Å². The van der Waals surface area contributed by atoms with Crippen LogP contribution in [0, 0.1) is 0 Å². The van der Waals surface area contributed by atoms with E-state index in [1.54, 1.807) is 0 Å². The number of fused-ring (bicyclic) bond motifs is 2. The molecule has 0 unspecified atom stereocenters. The summed E-state index contributed by atoms with van der Waals surface area (Å²) in [7, 11) is 0. The van der Waals surface area contributed by atoms with Crippen LogP contribution in [0.5, 0.6) is 11.5 Å². The van der Waals surface area contributed by atoms with Crippen LogP contribution < -0.4 is 4.74 Å². The Morgan fingerprint density at radius 1 is 0.400 bits per heavy atom. The molecule has 1 aliphatic rings. The largest absolute Gasteiger partial charge is 0.456 e. The summed E-state index contributed by atoms with van der Waals surface area (Å²) >= 11 is 0. The maximum absolute atomic E-state index is 8.91. The van der Waals surface area contributed by atoms with E-state index in [9.17, 15) is 0 Å². The Balaban J connectivity index is 1.30. The lowest BCUT2D eigenvalue weighted by molar-refractivity contribution is 0.487. The van der Waals surface area contributed by atoms with Gasteiger partial charge in [-0.05, 0) is 107 Å². The summed E-state index contributed by atoms with van der Waals surface area (Å²) in [5.41, 5.74) is 6.40. The van der Waals surface area contributed by atoms with Gasteiger partial charge in [-0.25, -0.2) is 0 Å². The average Bonchev–Trinajstić information content (AvgIpc) is 3.15. The zero-order chi connectivity index (χ0) is 33.8. The van der Waals surface area contributed by atoms with Gasteiger partial charge in [-0.3, -0.25) is 0 Å². The summed E-state index contributed by atoms with van der Waals surface area (Å²) in [6, 6.07) is 42.2. The van der Waals surface area contributed by atoms with Crippen molar-refractivity contribution >= 4 is 43.1 Å². The number of hydrogen-bond acceptors (Lipinski definition) is 1. The zero-order valence-electron chi connectivity index (χ0n) is 29.0. The molecule has 1 heteroatoms. The van der Waals surface area contributed by atoms with Crippen molar-refractivity contribution in [2.45, 2.75) is 0 Å². The Kier molecular flexibility index (Phi) is 4.15. The number of hydrogen-bond donors (Lipinski definition) is 0. The highest BCUT2D eigenvalue weighted by molar-refractivity contribution is 6.25. The molecule has 1 nitrogen and oxygen atoms in total. The summed E-state index contributed by atoms with van der Waals surface area (Å²) in [5.74, 6) is 1.55. The molecule has 0 saturated carbocycles. The van der Waals surface area contributed by atoms with Gasteiger partial charge in [0.2, 0.25) is 0 Å². The van der Waals surface area contributed by atoms with Gasteiger partial charge in [-0.1, -0.05) is 127 Å². The zero-order valence-corrected chi connectivity index (χ0v) is 24.0. The van der Waals surface area contributed by atoms with Crippen LogP contribution in [-0.4, -0.2) is 0 Å². The second-order valence-electron chi connectivity index (χ2n) is 11.7. The average molecular weight is 576 g/mol. The fraction of sp³-hybridized carbons (Fsp3) is 0. The minimum atomic E-state index is -0.409. The minimum Gasteiger partial charge on any atom is -0.456 e. The van der Waals surface area contributed by atoms with Gasteiger partial charge in [0.05, 0.1) is 6.85 Å². The number of rotatable bonds is 3. The highest BCUT2D eigenvalue weighted by Crippen LogP contribution is 2.51. The number of ether oxygens (including phenoxy) is 1. The van der Waals surface area contributed by atoms with Crippen molar-refractivity contribution in [3.05, 3.63) is 158 Å².